The predicted octanol–water partition coefficient (Wildman–Crippen LogP) is 2.72. The van der Waals surface area contributed by atoms with E-state index in [9.17, 15) is 9.50 Å². The summed E-state index contributed by atoms with van der Waals surface area (Å²) < 4.78 is 18.4. The smallest absolute Gasteiger partial charge is 0.125 e. The lowest BCUT2D eigenvalue weighted by molar-refractivity contribution is 0.0422. The molecule has 0 aliphatic carbocycles. The minimum atomic E-state index is -0.578. The average molecular weight is 255 g/mol. The Morgan fingerprint density at radius 2 is 2.17 bits per heavy atom. The number of halogens is 1. The Morgan fingerprint density at radius 3 is 2.83 bits per heavy atom. The van der Waals surface area contributed by atoms with E-state index in [0.717, 1.165) is 18.4 Å². The third kappa shape index (κ3) is 5.98. The van der Waals surface area contributed by atoms with Gasteiger partial charge in [-0.1, -0.05) is 13.3 Å². The molecule has 0 aliphatic rings. The molecule has 0 saturated heterocycles. The van der Waals surface area contributed by atoms with Gasteiger partial charge in [-0.15, -0.1) is 0 Å². The first-order valence-corrected chi connectivity index (χ1v) is 6.38. The number of anilines is 1. The lowest BCUT2D eigenvalue weighted by atomic mass is 10.2. The van der Waals surface area contributed by atoms with Crippen molar-refractivity contribution in [1.82, 2.24) is 0 Å². The third-order valence-corrected chi connectivity index (χ3v) is 2.54. The molecule has 0 spiro atoms. The highest BCUT2D eigenvalue weighted by molar-refractivity contribution is 5.46. The fourth-order valence-electron chi connectivity index (χ4n) is 1.60. The first-order chi connectivity index (χ1) is 8.61. The van der Waals surface area contributed by atoms with Crippen molar-refractivity contribution in [2.75, 3.05) is 25.1 Å². The Morgan fingerprint density at radius 1 is 1.39 bits per heavy atom. The molecule has 18 heavy (non-hydrogen) atoms. The van der Waals surface area contributed by atoms with Crippen LogP contribution in [0.3, 0.4) is 0 Å². The Bertz CT molecular complexity index is 337. The van der Waals surface area contributed by atoms with Gasteiger partial charge in [0.1, 0.15) is 5.82 Å². The van der Waals surface area contributed by atoms with Crippen LogP contribution in [0.1, 0.15) is 25.3 Å². The van der Waals surface area contributed by atoms with Gasteiger partial charge in [-0.2, -0.15) is 0 Å². The van der Waals surface area contributed by atoms with Gasteiger partial charge in [-0.3, -0.25) is 0 Å². The molecule has 1 rings (SSSR count). The number of rotatable bonds is 8. The molecule has 3 nitrogen and oxygen atoms in total. The van der Waals surface area contributed by atoms with E-state index >= 15 is 0 Å². The maximum Gasteiger partial charge on any atom is 0.125 e. The summed E-state index contributed by atoms with van der Waals surface area (Å²) in [5.74, 6) is -0.272. The lowest BCUT2D eigenvalue weighted by Crippen LogP contribution is -2.25. The number of nitrogens with one attached hydrogen (secondary N) is 1. The van der Waals surface area contributed by atoms with E-state index in [0.29, 0.717) is 25.4 Å². The van der Waals surface area contributed by atoms with Crippen LogP contribution in [0.5, 0.6) is 0 Å². The van der Waals surface area contributed by atoms with Gasteiger partial charge in [0.15, 0.2) is 0 Å². The molecule has 4 heteroatoms. The molecule has 102 valence electrons. The van der Waals surface area contributed by atoms with Crippen molar-refractivity contribution in [3.05, 3.63) is 29.6 Å². The number of aliphatic hydroxyl groups is 1. The standard InChI is InChI=1S/C14H22FNO2/c1-3-4-5-18-10-14(17)9-16-13-7-11(2)6-12(15)8-13/h6-8,14,16-17H,3-5,9-10H2,1-2H3. The monoisotopic (exact) mass is 255 g/mol. The van der Waals surface area contributed by atoms with Crippen LogP contribution in [0.2, 0.25) is 0 Å². The summed E-state index contributed by atoms with van der Waals surface area (Å²) in [6.07, 6.45) is 1.51. The molecule has 0 bridgehead atoms. The predicted molar refractivity (Wildman–Crippen MR) is 71.4 cm³/mol. The second-order valence-corrected chi connectivity index (χ2v) is 4.48. The van der Waals surface area contributed by atoms with Gasteiger partial charge in [0.25, 0.3) is 0 Å². The van der Waals surface area contributed by atoms with Gasteiger partial charge in [-0.05, 0) is 37.1 Å². The van der Waals surface area contributed by atoms with Crippen LogP contribution < -0.4 is 5.32 Å². The quantitative estimate of drug-likeness (QED) is 0.702. The molecule has 0 aliphatic heterocycles. The third-order valence-electron chi connectivity index (χ3n) is 2.54. The second-order valence-electron chi connectivity index (χ2n) is 4.48. The molecule has 1 aromatic rings. The number of hydrogen-bond acceptors (Lipinski definition) is 3. The highest BCUT2D eigenvalue weighted by Crippen LogP contribution is 2.13. The zero-order valence-electron chi connectivity index (χ0n) is 11.1. The first kappa shape index (κ1) is 14.9. The van der Waals surface area contributed by atoms with Crippen molar-refractivity contribution in [3.63, 3.8) is 0 Å². The van der Waals surface area contributed by atoms with E-state index < -0.39 is 6.10 Å². The van der Waals surface area contributed by atoms with Gasteiger partial charge in [0.2, 0.25) is 0 Å². The summed E-state index contributed by atoms with van der Waals surface area (Å²) in [4.78, 5) is 0. The van der Waals surface area contributed by atoms with Crippen molar-refractivity contribution in [2.24, 2.45) is 0 Å². The molecule has 0 saturated carbocycles. The summed E-state index contributed by atoms with van der Waals surface area (Å²) in [6.45, 7) is 5.26. The topological polar surface area (TPSA) is 41.5 Å². The Balaban J connectivity index is 2.26. The molecule has 1 atom stereocenters. The first-order valence-electron chi connectivity index (χ1n) is 6.38. The van der Waals surface area contributed by atoms with Crippen LogP contribution in [0.4, 0.5) is 10.1 Å². The van der Waals surface area contributed by atoms with E-state index in [1.807, 2.05) is 13.0 Å². The normalized spacial score (nSPS) is 12.4. The van der Waals surface area contributed by atoms with Gasteiger partial charge in [0.05, 0.1) is 12.7 Å². The summed E-state index contributed by atoms with van der Waals surface area (Å²) in [7, 11) is 0. The molecular weight excluding hydrogens is 233 g/mol. The Hall–Kier alpha value is -1.13. The fourth-order valence-corrected chi connectivity index (χ4v) is 1.60. The minimum Gasteiger partial charge on any atom is -0.389 e. The van der Waals surface area contributed by atoms with Crippen molar-refractivity contribution in [1.29, 1.82) is 0 Å². The van der Waals surface area contributed by atoms with Gasteiger partial charge in [0, 0.05) is 18.8 Å². The van der Waals surface area contributed by atoms with Crippen LogP contribution in [0.15, 0.2) is 18.2 Å². The van der Waals surface area contributed by atoms with Crippen LogP contribution in [0, 0.1) is 12.7 Å². The summed E-state index contributed by atoms with van der Waals surface area (Å²) >= 11 is 0. The molecular formula is C14H22FNO2. The SMILES string of the molecule is CCCCOCC(O)CNc1cc(C)cc(F)c1. The number of hydrogen-bond donors (Lipinski definition) is 2. The van der Waals surface area contributed by atoms with Crippen LogP contribution in [0.25, 0.3) is 0 Å². The maximum atomic E-state index is 13.1. The number of ether oxygens (including phenoxy) is 1. The fraction of sp³-hybridized carbons (Fsp3) is 0.571. The van der Waals surface area contributed by atoms with E-state index in [1.165, 1.54) is 12.1 Å². The van der Waals surface area contributed by atoms with Crippen molar-refractivity contribution < 1.29 is 14.2 Å². The van der Waals surface area contributed by atoms with E-state index in [2.05, 4.69) is 12.2 Å². The number of benzene rings is 1. The minimum absolute atomic E-state index is 0.272. The zero-order chi connectivity index (χ0) is 13.4. The van der Waals surface area contributed by atoms with Crippen molar-refractivity contribution in [2.45, 2.75) is 32.8 Å². The average Bonchev–Trinajstić information content (AvgIpc) is 2.31. The van der Waals surface area contributed by atoms with Crippen molar-refractivity contribution >= 4 is 5.69 Å². The number of aliphatic hydroxyl groups excluding tert-OH is 1. The van der Waals surface area contributed by atoms with Crippen LogP contribution >= 0.6 is 0 Å². The summed E-state index contributed by atoms with van der Waals surface area (Å²) in [5.41, 5.74) is 1.53. The zero-order valence-corrected chi connectivity index (χ0v) is 11.1. The van der Waals surface area contributed by atoms with Gasteiger partial charge in [-0.25, -0.2) is 4.39 Å². The second kappa shape index (κ2) is 8.06. The van der Waals surface area contributed by atoms with E-state index in [-0.39, 0.29) is 5.82 Å². The maximum absolute atomic E-state index is 13.1. The largest absolute Gasteiger partial charge is 0.389 e. The highest BCUT2D eigenvalue weighted by atomic mass is 19.1. The molecule has 0 radical (unpaired) electrons. The molecule has 0 fully saturated rings. The van der Waals surface area contributed by atoms with Gasteiger partial charge < -0.3 is 15.2 Å². The molecule has 1 unspecified atom stereocenters. The molecule has 1 aromatic carbocycles. The Kier molecular flexibility index (Phi) is 6.68. The highest BCUT2D eigenvalue weighted by Gasteiger charge is 2.05. The number of aryl methyl sites for hydroxylation is 1. The van der Waals surface area contributed by atoms with E-state index in [1.54, 1.807) is 0 Å². The Labute approximate surface area is 108 Å². The van der Waals surface area contributed by atoms with Gasteiger partial charge >= 0.3 is 0 Å². The summed E-state index contributed by atoms with van der Waals surface area (Å²) in [6, 6.07) is 4.72. The van der Waals surface area contributed by atoms with Crippen LogP contribution in [-0.4, -0.2) is 31.0 Å². The van der Waals surface area contributed by atoms with Crippen LogP contribution in [-0.2, 0) is 4.74 Å². The molecule has 0 aromatic heterocycles. The number of unbranched alkanes of at least 4 members (excludes halogenated alkanes) is 1. The molecule has 2 N–H and O–H groups in total. The summed E-state index contributed by atoms with van der Waals surface area (Å²) in [5, 5.41) is 12.7. The van der Waals surface area contributed by atoms with Crippen molar-refractivity contribution in [3.8, 4) is 0 Å². The molecule has 0 heterocycles. The van der Waals surface area contributed by atoms with E-state index in [4.69, 9.17) is 4.74 Å². The lowest BCUT2D eigenvalue weighted by Gasteiger charge is -2.13. The molecule has 0 amide bonds.